The fourth-order valence-electron chi connectivity index (χ4n) is 4.41. The van der Waals surface area contributed by atoms with E-state index < -0.39 is 15.6 Å². The van der Waals surface area contributed by atoms with E-state index >= 15 is 0 Å². The molecule has 0 bridgehead atoms. The maximum atomic E-state index is 13.0. The number of aliphatic hydroxyl groups is 1. The summed E-state index contributed by atoms with van der Waals surface area (Å²) in [5.41, 5.74) is 6.32. The number of para-hydroxylation sites is 1. The molecule has 34 heavy (non-hydrogen) atoms. The van der Waals surface area contributed by atoms with Crippen molar-refractivity contribution < 1.29 is 18.3 Å². The number of hydrogen-bond donors (Lipinski definition) is 3. The Kier molecular flexibility index (Phi) is 6.46. The van der Waals surface area contributed by atoms with Crippen LogP contribution in [0, 0.1) is 5.92 Å². The number of aromatic nitrogens is 2. The molecule has 4 N–H and O–H groups in total. The standard InChI is InChI=1S/C24H29N5O4S/c1-16(2)14-24(31)10-12-29(13-11-24)23(30)17-6-8-18(9-7-17)28-34(32,33)20-5-3-4-19-22(20)26-15-21(25)27-19/h3-9,15-16,28,31H,10-14H2,1-2H3,(H2,25,27). The van der Waals surface area contributed by atoms with Gasteiger partial charge in [0.1, 0.15) is 16.2 Å². The molecular formula is C24H29N5O4S. The van der Waals surface area contributed by atoms with Crippen molar-refractivity contribution in [3.8, 4) is 0 Å². The second kappa shape index (κ2) is 9.19. The number of hydrogen-bond acceptors (Lipinski definition) is 7. The number of nitrogens with one attached hydrogen (secondary N) is 1. The summed E-state index contributed by atoms with van der Waals surface area (Å²) in [5.74, 6) is 0.458. The van der Waals surface area contributed by atoms with Gasteiger partial charge >= 0.3 is 0 Å². The molecule has 0 unspecified atom stereocenters. The lowest BCUT2D eigenvalue weighted by molar-refractivity contribution is -0.0311. The monoisotopic (exact) mass is 483 g/mol. The normalized spacial score (nSPS) is 16.1. The lowest BCUT2D eigenvalue weighted by atomic mass is 9.84. The Morgan fingerprint density at radius 3 is 2.50 bits per heavy atom. The third-order valence-electron chi connectivity index (χ3n) is 6.00. The van der Waals surface area contributed by atoms with Crippen LogP contribution >= 0.6 is 0 Å². The van der Waals surface area contributed by atoms with Crippen LogP contribution in [-0.4, -0.2) is 53.0 Å². The van der Waals surface area contributed by atoms with E-state index in [4.69, 9.17) is 5.73 Å². The van der Waals surface area contributed by atoms with Gasteiger partial charge in [0.05, 0.1) is 17.3 Å². The largest absolute Gasteiger partial charge is 0.390 e. The quantitative estimate of drug-likeness (QED) is 0.490. The summed E-state index contributed by atoms with van der Waals surface area (Å²) < 4.78 is 28.5. The van der Waals surface area contributed by atoms with Crippen molar-refractivity contribution in [3.63, 3.8) is 0 Å². The smallest absolute Gasteiger partial charge is 0.264 e. The zero-order valence-corrected chi connectivity index (χ0v) is 20.0. The fraction of sp³-hybridized carbons (Fsp3) is 0.375. The Bertz CT molecular complexity index is 1300. The molecule has 9 nitrogen and oxygen atoms in total. The Morgan fingerprint density at radius 1 is 1.18 bits per heavy atom. The van der Waals surface area contributed by atoms with Gasteiger partial charge in [-0.2, -0.15) is 0 Å². The van der Waals surface area contributed by atoms with E-state index in [0.29, 0.717) is 48.6 Å². The molecule has 180 valence electrons. The van der Waals surface area contributed by atoms with Crippen molar-refractivity contribution in [1.29, 1.82) is 0 Å². The van der Waals surface area contributed by atoms with Gasteiger partial charge in [-0.15, -0.1) is 0 Å². The number of anilines is 2. The molecular weight excluding hydrogens is 454 g/mol. The molecule has 1 amide bonds. The summed E-state index contributed by atoms with van der Waals surface area (Å²) in [4.78, 5) is 22.9. The van der Waals surface area contributed by atoms with Crippen LogP contribution < -0.4 is 10.5 Å². The third kappa shape index (κ3) is 5.13. The first-order valence-corrected chi connectivity index (χ1v) is 12.7. The van der Waals surface area contributed by atoms with Crippen LogP contribution in [0.3, 0.4) is 0 Å². The fourth-order valence-corrected chi connectivity index (χ4v) is 5.64. The van der Waals surface area contributed by atoms with Crippen molar-refractivity contribution >= 4 is 38.5 Å². The molecule has 1 saturated heterocycles. The van der Waals surface area contributed by atoms with Crippen molar-refractivity contribution in [1.82, 2.24) is 14.9 Å². The minimum atomic E-state index is -3.95. The predicted molar refractivity (Wildman–Crippen MR) is 131 cm³/mol. The molecule has 1 fully saturated rings. The van der Waals surface area contributed by atoms with Gasteiger partial charge in [0.2, 0.25) is 0 Å². The summed E-state index contributed by atoms with van der Waals surface area (Å²) in [6, 6.07) is 11.0. The number of likely N-dealkylation sites (tertiary alicyclic amines) is 1. The Labute approximate surface area is 199 Å². The second-order valence-electron chi connectivity index (χ2n) is 9.22. The number of amides is 1. The highest BCUT2D eigenvalue weighted by molar-refractivity contribution is 7.93. The number of rotatable bonds is 6. The van der Waals surface area contributed by atoms with Gasteiger partial charge in [0.25, 0.3) is 15.9 Å². The summed E-state index contributed by atoms with van der Waals surface area (Å²) in [7, 11) is -3.95. The number of benzene rings is 2. The molecule has 4 rings (SSSR count). The molecule has 0 atom stereocenters. The van der Waals surface area contributed by atoms with Crippen LogP contribution in [0.15, 0.2) is 53.6 Å². The minimum Gasteiger partial charge on any atom is -0.390 e. The van der Waals surface area contributed by atoms with Crippen LogP contribution in [0.1, 0.15) is 43.5 Å². The third-order valence-corrected chi connectivity index (χ3v) is 7.41. The number of nitrogens with zero attached hydrogens (tertiary/aromatic N) is 3. The molecule has 0 spiro atoms. The van der Waals surface area contributed by atoms with Gasteiger partial charge in [0.15, 0.2) is 0 Å². The van der Waals surface area contributed by atoms with Gasteiger partial charge in [-0.3, -0.25) is 9.52 Å². The summed E-state index contributed by atoms with van der Waals surface area (Å²) >= 11 is 0. The van der Waals surface area contributed by atoms with E-state index in [0.717, 1.165) is 6.42 Å². The average Bonchev–Trinajstić information content (AvgIpc) is 2.78. The van der Waals surface area contributed by atoms with E-state index in [-0.39, 0.29) is 22.1 Å². The molecule has 3 aromatic rings. The van der Waals surface area contributed by atoms with E-state index in [1.54, 1.807) is 41.3 Å². The number of nitrogen functional groups attached to an aromatic ring is 1. The maximum Gasteiger partial charge on any atom is 0.264 e. The highest BCUT2D eigenvalue weighted by atomic mass is 32.2. The van der Waals surface area contributed by atoms with Crippen molar-refractivity contribution in [2.75, 3.05) is 23.5 Å². The summed E-state index contributed by atoms with van der Waals surface area (Å²) in [6.07, 6.45) is 3.13. The van der Waals surface area contributed by atoms with Crippen molar-refractivity contribution in [2.24, 2.45) is 5.92 Å². The van der Waals surface area contributed by atoms with E-state index in [2.05, 4.69) is 28.5 Å². The van der Waals surface area contributed by atoms with Gasteiger partial charge in [-0.05, 0) is 61.6 Å². The Balaban J connectivity index is 1.46. The first kappa shape index (κ1) is 23.9. The molecule has 0 radical (unpaired) electrons. The number of fused-ring (bicyclic) bond motifs is 1. The Morgan fingerprint density at radius 2 is 1.85 bits per heavy atom. The summed E-state index contributed by atoms with van der Waals surface area (Å²) in [6.45, 7) is 5.13. The number of sulfonamides is 1. The Hall–Kier alpha value is -3.24. The number of nitrogens with two attached hydrogens (primary N) is 1. The van der Waals surface area contributed by atoms with Crippen molar-refractivity contribution in [3.05, 3.63) is 54.2 Å². The SMILES string of the molecule is CC(C)CC1(O)CCN(C(=O)c2ccc(NS(=O)(=O)c3cccc4nc(N)cnc34)cc2)CC1. The molecule has 1 aliphatic rings. The predicted octanol–water partition coefficient (Wildman–Crippen LogP) is 3.03. The van der Waals surface area contributed by atoms with Crippen LogP contribution in [0.25, 0.3) is 11.0 Å². The molecule has 0 aliphatic carbocycles. The minimum absolute atomic E-state index is 0.0140. The van der Waals surface area contributed by atoms with Gasteiger partial charge < -0.3 is 15.7 Å². The first-order valence-electron chi connectivity index (χ1n) is 11.2. The second-order valence-corrected chi connectivity index (χ2v) is 10.9. The molecule has 1 aromatic heterocycles. The number of carbonyl (C=O) groups is 1. The van der Waals surface area contributed by atoms with E-state index in [1.165, 1.54) is 12.3 Å². The zero-order chi connectivity index (χ0) is 24.5. The average molecular weight is 484 g/mol. The van der Waals surface area contributed by atoms with Gasteiger partial charge in [0, 0.05) is 24.3 Å². The molecule has 0 saturated carbocycles. The van der Waals surface area contributed by atoms with Crippen LogP contribution in [0.4, 0.5) is 11.5 Å². The maximum absolute atomic E-state index is 13.0. The van der Waals surface area contributed by atoms with Gasteiger partial charge in [-0.1, -0.05) is 19.9 Å². The van der Waals surface area contributed by atoms with Crippen LogP contribution in [0.2, 0.25) is 0 Å². The van der Waals surface area contributed by atoms with Crippen LogP contribution in [-0.2, 0) is 10.0 Å². The highest BCUT2D eigenvalue weighted by Gasteiger charge is 2.34. The van der Waals surface area contributed by atoms with E-state index in [1.807, 2.05) is 0 Å². The topological polar surface area (TPSA) is 139 Å². The molecule has 1 aliphatic heterocycles. The molecule has 10 heteroatoms. The lowest BCUT2D eigenvalue weighted by Gasteiger charge is -2.39. The highest BCUT2D eigenvalue weighted by Crippen LogP contribution is 2.30. The van der Waals surface area contributed by atoms with E-state index in [9.17, 15) is 18.3 Å². The zero-order valence-electron chi connectivity index (χ0n) is 19.2. The van der Waals surface area contributed by atoms with Gasteiger partial charge in [-0.25, -0.2) is 18.4 Å². The first-order chi connectivity index (χ1) is 16.1. The molecule has 2 heterocycles. The van der Waals surface area contributed by atoms with Crippen molar-refractivity contribution in [2.45, 2.75) is 43.6 Å². The van der Waals surface area contributed by atoms with Crippen LogP contribution in [0.5, 0.6) is 0 Å². The summed E-state index contributed by atoms with van der Waals surface area (Å²) in [5, 5.41) is 10.7. The number of piperidine rings is 1. The lowest BCUT2D eigenvalue weighted by Crippen LogP contribution is -2.47. The molecule has 2 aromatic carbocycles. The number of carbonyl (C=O) groups excluding carboxylic acids is 1.